The molecule has 2 heterocycles. The number of piperidine rings is 2. The van der Waals surface area contributed by atoms with Gasteiger partial charge in [0.15, 0.2) is 0 Å². The molecule has 140 valence electrons. The van der Waals surface area contributed by atoms with Gasteiger partial charge < -0.3 is 9.64 Å². The molecule has 1 saturated carbocycles. The van der Waals surface area contributed by atoms with Gasteiger partial charge in [-0.25, -0.2) is 4.39 Å². The van der Waals surface area contributed by atoms with E-state index in [4.69, 9.17) is 4.74 Å². The number of nitrogens with zero attached hydrogens (tertiary/aromatic N) is 2. The number of hydrogen-bond donors (Lipinski definition) is 0. The Kier molecular flexibility index (Phi) is 6.20. The zero-order valence-electron chi connectivity index (χ0n) is 16.1. The first-order chi connectivity index (χ1) is 11.4. The quantitative estimate of drug-likeness (QED) is 0.758. The van der Waals surface area contributed by atoms with E-state index < -0.39 is 6.17 Å². The molecule has 0 spiro atoms. The van der Waals surface area contributed by atoms with Crippen LogP contribution >= 0.6 is 0 Å². The second kappa shape index (κ2) is 8.01. The third-order valence-electron chi connectivity index (χ3n) is 6.66. The lowest BCUT2D eigenvalue weighted by atomic mass is 9.81. The first kappa shape index (κ1) is 18.6. The van der Waals surface area contributed by atoms with Crippen molar-refractivity contribution in [3.05, 3.63) is 0 Å². The Hall–Kier alpha value is -0.190. The van der Waals surface area contributed by atoms with Gasteiger partial charge in [-0.15, -0.1) is 0 Å². The first-order valence-electron chi connectivity index (χ1n) is 10.2. The Morgan fingerprint density at radius 3 is 2.12 bits per heavy atom. The van der Waals surface area contributed by atoms with E-state index >= 15 is 0 Å². The zero-order valence-corrected chi connectivity index (χ0v) is 16.1. The minimum absolute atomic E-state index is 0.263. The van der Waals surface area contributed by atoms with Crippen molar-refractivity contribution in [1.82, 2.24) is 9.80 Å². The highest BCUT2D eigenvalue weighted by molar-refractivity contribution is 4.93. The summed E-state index contributed by atoms with van der Waals surface area (Å²) in [5.41, 5.74) is 0. The number of likely N-dealkylation sites (tertiary alicyclic amines) is 2. The van der Waals surface area contributed by atoms with Crippen molar-refractivity contribution in [1.29, 1.82) is 0 Å². The largest absolute Gasteiger partial charge is 0.375 e. The summed E-state index contributed by atoms with van der Waals surface area (Å²) in [6.45, 7) is 12.9. The van der Waals surface area contributed by atoms with Gasteiger partial charge in [0.25, 0.3) is 0 Å². The van der Waals surface area contributed by atoms with Gasteiger partial charge in [-0.05, 0) is 64.3 Å². The summed E-state index contributed by atoms with van der Waals surface area (Å²) < 4.78 is 20.7. The van der Waals surface area contributed by atoms with Gasteiger partial charge in [0.2, 0.25) is 0 Å². The van der Waals surface area contributed by atoms with Crippen molar-refractivity contribution in [3.63, 3.8) is 0 Å². The normalized spacial score (nSPS) is 37.1. The van der Waals surface area contributed by atoms with Crippen molar-refractivity contribution in [2.75, 3.05) is 26.2 Å². The second-order valence-corrected chi connectivity index (χ2v) is 8.92. The Morgan fingerprint density at radius 1 is 0.917 bits per heavy atom. The van der Waals surface area contributed by atoms with Gasteiger partial charge in [0.05, 0.1) is 12.2 Å². The maximum Gasteiger partial charge on any atom is 0.116 e. The second-order valence-electron chi connectivity index (χ2n) is 8.92. The van der Waals surface area contributed by atoms with E-state index in [2.05, 4.69) is 37.5 Å². The molecule has 3 fully saturated rings. The Labute approximate surface area is 147 Å². The SMILES string of the molecule is CC(C)C1CCN(C2CC(OC3CCN(C(C)C)CC3)C2)C[C@H]1F. The highest BCUT2D eigenvalue weighted by Gasteiger charge is 2.40. The average molecular weight is 341 g/mol. The third-order valence-corrected chi connectivity index (χ3v) is 6.66. The summed E-state index contributed by atoms with van der Waals surface area (Å²) in [7, 11) is 0. The van der Waals surface area contributed by atoms with Crippen LogP contribution in [0.3, 0.4) is 0 Å². The van der Waals surface area contributed by atoms with E-state index in [9.17, 15) is 4.39 Å². The molecule has 0 aromatic heterocycles. The fourth-order valence-corrected chi connectivity index (χ4v) is 4.78. The summed E-state index contributed by atoms with van der Waals surface area (Å²) in [5.74, 6) is 0.732. The number of hydrogen-bond acceptors (Lipinski definition) is 3. The lowest BCUT2D eigenvalue weighted by Crippen LogP contribution is -2.55. The van der Waals surface area contributed by atoms with Crippen LogP contribution in [-0.4, -0.2) is 66.4 Å². The molecule has 0 amide bonds. The van der Waals surface area contributed by atoms with Crippen molar-refractivity contribution < 1.29 is 9.13 Å². The lowest BCUT2D eigenvalue weighted by molar-refractivity contribution is -0.113. The van der Waals surface area contributed by atoms with Crippen LogP contribution in [0.2, 0.25) is 0 Å². The molecule has 0 aromatic carbocycles. The Bertz CT molecular complexity index is 389. The van der Waals surface area contributed by atoms with E-state index in [1.807, 2.05) is 0 Å². The van der Waals surface area contributed by atoms with E-state index in [0.717, 1.165) is 25.8 Å². The van der Waals surface area contributed by atoms with Crippen LogP contribution in [0.5, 0.6) is 0 Å². The van der Waals surface area contributed by atoms with Gasteiger partial charge >= 0.3 is 0 Å². The monoisotopic (exact) mass is 340 g/mol. The van der Waals surface area contributed by atoms with Crippen molar-refractivity contribution >= 4 is 0 Å². The summed E-state index contributed by atoms with van der Waals surface area (Å²) in [4.78, 5) is 4.94. The maximum atomic E-state index is 14.4. The predicted octanol–water partition coefficient (Wildman–Crippen LogP) is 3.72. The van der Waals surface area contributed by atoms with Gasteiger partial charge in [-0.2, -0.15) is 0 Å². The Balaban J connectivity index is 1.35. The van der Waals surface area contributed by atoms with Crippen molar-refractivity contribution in [2.24, 2.45) is 11.8 Å². The number of halogens is 1. The highest BCUT2D eigenvalue weighted by Crippen LogP contribution is 2.35. The molecule has 0 bridgehead atoms. The summed E-state index contributed by atoms with van der Waals surface area (Å²) in [6.07, 6.45) is 5.83. The van der Waals surface area contributed by atoms with E-state index in [1.165, 1.54) is 25.9 Å². The fourth-order valence-electron chi connectivity index (χ4n) is 4.78. The third kappa shape index (κ3) is 4.31. The van der Waals surface area contributed by atoms with Crippen LogP contribution in [0.1, 0.15) is 59.8 Å². The zero-order chi connectivity index (χ0) is 17.3. The number of rotatable bonds is 5. The van der Waals surface area contributed by atoms with Crippen LogP contribution in [0, 0.1) is 11.8 Å². The van der Waals surface area contributed by atoms with Gasteiger partial charge in [-0.3, -0.25) is 4.90 Å². The predicted molar refractivity (Wildman–Crippen MR) is 97.0 cm³/mol. The van der Waals surface area contributed by atoms with Gasteiger partial charge in [0, 0.05) is 31.7 Å². The molecule has 1 unspecified atom stereocenters. The van der Waals surface area contributed by atoms with Crippen molar-refractivity contribution in [3.8, 4) is 0 Å². The molecule has 3 aliphatic rings. The van der Waals surface area contributed by atoms with Crippen LogP contribution in [0.25, 0.3) is 0 Å². The molecule has 1 aliphatic carbocycles. The molecule has 4 heteroatoms. The molecule has 24 heavy (non-hydrogen) atoms. The fraction of sp³-hybridized carbons (Fsp3) is 1.00. The van der Waals surface area contributed by atoms with Crippen LogP contribution < -0.4 is 0 Å². The molecule has 2 saturated heterocycles. The molecule has 2 atom stereocenters. The first-order valence-corrected chi connectivity index (χ1v) is 10.2. The summed E-state index contributed by atoms with van der Waals surface area (Å²) >= 11 is 0. The minimum Gasteiger partial charge on any atom is -0.375 e. The van der Waals surface area contributed by atoms with Crippen LogP contribution in [0.4, 0.5) is 4.39 Å². The lowest BCUT2D eigenvalue weighted by Gasteiger charge is -2.48. The van der Waals surface area contributed by atoms with Crippen LogP contribution in [-0.2, 0) is 4.74 Å². The smallest absolute Gasteiger partial charge is 0.116 e. The molecule has 2 aliphatic heterocycles. The standard InChI is InChI=1S/C20H37FN2O/c1-14(2)19-7-10-23(13-20(19)21)16-11-18(12-16)24-17-5-8-22(9-6-17)15(3)4/h14-20H,5-13H2,1-4H3/t16?,18?,19?,20-/m1/s1. The van der Waals surface area contributed by atoms with Crippen LogP contribution in [0.15, 0.2) is 0 Å². The van der Waals surface area contributed by atoms with Crippen molar-refractivity contribution in [2.45, 2.75) is 90.3 Å². The highest BCUT2D eigenvalue weighted by atomic mass is 19.1. The van der Waals surface area contributed by atoms with Gasteiger partial charge in [-0.1, -0.05) is 13.8 Å². The van der Waals surface area contributed by atoms with E-state index in [0.29, 0.717) is 36.8 Å². The summed E-state index contributed by atoms with van der Waals surface area (Å²) in [6, 6.07) is 1.22. The molecule has 0 aromatic rings. The average Bonchev–Trinajstić information content (AvgIpc) is 2.50. The molecular weight excluding hydrogens is 303 g/mol. The van der Waals surface area contributed by atoms with E-state index in [1.54, 1.807) is 0 Å². The minimum atomic E-state index is -0.640. The molecule has 0 radical (unpaired) electrons. The topological polar surface area (TPSA) is 15.7 Å². The molecular formula is C20H37FN2O. The molecule has 3 rings (SSSR count). The summed E-state index contributed by atoms with van der Waals surface area (Å²) in [5, 5.41) is 0. The Morgan fingerprint density at radius 2 is 1.58 bits per heavy atom. The van der Waals surface area contributed by atoms with Gasteiger partial charge in [0.1, 0.15) is 6.17 Å². The van der Waals surface area contributed by atoms with E-state index in [-0.39, 0.29) is 5.92 Å². The molecule has 0 N–H and O–H groups in total. The number of ether oxygens (including phenoxy) is 1. The maximum absolute atomic E-state index is 14.4. The number of alkyl halides is 1. The molecule has 3 nitrogen and oxygen atoms in total.